The Hall–Kier alpha value is -1.22. The third kappa shape index (κ3) is 1.67. The van der Waals surface area contributed by atoms with E-state index < -0.39 is 0 Å². The van der Waals surface area contributed by atoms with Crippen molar-refractivity contribution in [2.24, 2.45) is 0 Å². The molecular formula is C12H16N2O. The molecule has 80 valence electrons. The van der Waals surface area contributed by atoms with Crippen LogP contribution in [0.5, 0.6) is 0 Å². The second kappa shape index (κ2) is 3.42. The monoisotopic (exact) mass is 204 g/mol. The van der Waals surface area contributed by atoms with Crippen LogP contribution in [0.4, 0.5) is 11.4 Å². The van der Waals surface area contributed by atoms with Crippen molar-refractivity contribution in [1.82, 2.24) is 0 Å². The summed E-state index contributed by atoms with van der Waals surface area (Å²) in [7, 11) is 0. The van der Waals surface area contributed by atoms with Gasteiger partial charge < -0.3 is 15.4 Å². The summed E-state index contributed by atoms with van der Waals surface area (Å²) in [6.45, 7) is 1.75. The van der Waals surface area contributed by atoms with Crippen LogP contribution in [-0.4, -0.2) is 25.3 Å². The van der Waals surface area contributed by atoms with Crippen molar-refractivity contribution in [2.45, 2.75) is 24.9 Å². The molecule has 1 aromatic carbocycles. The number of nitrogen functional groups attached to an aromatic ring is 1. The van der Waals surface area contributed by atoms with Gasteiger partial charge in [0.1, 0.15) is 0 Å². The van der Waals surface area contributed by atoms with Crippen LogP contribution in [0.3, 0.4) is 0 Å². The number of hydrogen-bond acceptors (Lipinski definition) is 3. The summed E-state index contributed by atoms with van der Waals surface area (Å²) in [5.41, 5.74) is 7.82. The molecule has 15 heavy (non-hydrogen) atoms. The maximum absolute atomic E-state index is 5.70. The molecule has 0 spiro atoms. The van der Waals surface area contributed by atoms with Crippen molar-refractivity contribution in [3.8, 4) is 0 Å². The minimum absolute atomic E-state index is 0.584. The van der Waals surface area contributed by atoms with E-state index in [0.29, 0.717) is 6.04 Å². The fourth-order valence-electron chi connectivity index (χ4n) is 2.10. The van der Waals surface area contributed by atoms with Gasteiger partial charge in [-0.05, 0) is 37.1 Å². The number of ether oxygens (including phenoxy) is 1. The summed E-state index contributed by atoms with van der Waals surface area (Å²) >= 11 is 0. The van der Waals surface area contributed by atoms with E-state index in [2.05, 4.69) is 17.0 Å². The predicted octanol–water partition coefficient (Wildman–Crippen LogP) is 1.64. The Morgan fingerprint density at radius 2 is 1.73 bits per heavy atom. The second-order valence-corrected chi connectivity index (χ2v) is 4.42. The standard InChI is InChI=1S/C12H16N2O/c13-9-1-3-10(4-2-9)14(11-5-6-11)12-7-15-8-12/h1-4,11-12H,5-8,13H2. The van der Waals surface area contributed by atoms with Gasteiger partial charge in [0, 0.05) is 17.4 Å². The van der Waals surface area contributed by atoms with E-state index >= 15 is 0 Å². The Balaban J connectivity index is 1.84. The van der Waals surface area contributed by atoms with E-state index in [1.165, 1.54) is 18.5 Å². The normalized spacial score (nSPS) is 21.1. The number of nitrogens with two attached hydrogens (primary N) is 1. The highest BCUT2D eigenvalue weighted by atomic mass is 16.5. The third-order valence-electron chi connectivity index (χ3n) is 3.15. The first-order valence-electron chi connectivity index (χ1n) is 5.56. The van der Waals surface area contributed by atoms with Crippen molar-refractivity contribution in [3.05, 3.63) is 24.3 Å². The lowest BCUT2D eigenvalue weighted by molar-refractivity contribution is 0.00741. The molecule has 0 bridgehead atoms. The molecule has 1 aliphatic carbocycles. The highest BCUT2D eigenvalue weighted by Gasteiger charge is 2.37. The summed E-state index contributed by atoms with van der Waals surface area (Å²) in [6, 6.07) is 9.51. The zero-order chi connectivity index (χ0) is 10.3. The number of hydrogen-bond donors (Lipinski definition) is 1. The van der Waals surface area contributed by atoms with E-state index in [-0.39, 0.29) is 0 Å². The smallest absolute Gasteiger partial charge is 0.0760 e. The average molecular weight is 204 g/mol. The van der Waals surface area contributed by atoms with E-state index in [0.717, 1.165) is 24.9 Å². The maximum Gasteiger partial charge on any atom is 0.0760 e. The Bertz CT molecular complexity index is 341. The lowest BCUT2D eigenvalue weighted by Gasteiger charge is -2.39. The Labute approximate surface area is 89.8 Å². The SMILES string of the molecule is Nc1ccc(N(C2CC2)C2COC2)cc1. The maximum atomic E-state index is 5.70. The van der Waals surface area contributed by atoms with Crippen LogP contribution in [0.15, 0.2) is 24.3 Å². The molecule has 1 heterocycles. The number of benzene rings is 1. The molecule has 0 radical (unpaired) electrons. The van der Waals surface area contributed by atoms with Gasteiger partial charge in [-0.1, -0.05) is 0 Å². The van der Waals surface area contributed by atoms with Crippen molar-refractivity contribution in [1.29, 1.82) is 0 Å². The average Bonchev–Trinajstić information content (AvgIpc) is 2.96. The first kappa shape index (κ1) is 9.04. The van der Waals surface area contributed by atoms with Gasteiger partial charge in [-0.15, -0.1) is 0 Å². The van der Waals surface area contributed by atoms with Crippen molar-refractivity contribution in [2.75, 3.05) is 23.8 Å². The van der Waals surface area contributed by atoms with Gasteiger partial charge in [0.15, 0.2) is 0 Å². The molecule has 1 aliphatic heterocycles. The quantitative estimate of drug-likeness (QED) is 0.761. The van der Waals surface area contributed by atoms with E-state index in [9.17, 15) is 0 Å². The minimum atomic E-state index is 0.584. The van der Waals surface area contributed by atoms with Gasteiger partial charge in [-0.25, -0.2) is 0 Å². The van der Waals surface area contributed by atoms with Gasteiger partial charge >= 0.3 is 0 Å². The molecule has 3 heteroatoms. The molecule has 2 fully saturated rings. The van der Waals surface area contributed by atoms with Gasteiger partial charge in [-0.2, -0.15) is 0 Å². The van der Waals surface area contributed by atoms with Crippen molar-refractivity contribution in [3.63, 3.8) is 0 Å². The molecule has 0 amide bonds. The lowest BCUT2D eigenvalue weighted by atomic mass is 10.1. The van der Waals surface area contributed by atoms with Crippen LogP contribution in [-0.2, 0) is 4.74 Å². The van der Waals surface area contributed by atoms with Crippen LogP contribution in [0.2, 0.25) is 0 Å². The predicted molar refractivity (Wildman–Crippen MR) is 61.0 cm³/mol. The first-order chi connectivity index (χ1) is 7.34. The number of nitrogens with zero attached hydrogens (tertiary/aromatic N) is 1. The molecule has 2 aliphatic rings. The van der Waals surface area contributed by atoms with Crippen LogP contribution in [0.1, 0.15) is 12.8 Å². The lowest BCUT2D eigenvalue weighted by Crippen LogP contribution is -2.50. The van der Waals surface area contributed by atoms with Gasteiger partial charge in [0.2, 0.25) is 0 Å². The fraction of sp³-hybridized carbons (Fsp3) is 0.500. The fourth-order valence-corrected chi connectivity index (χ4v) is 2.10. The molecular weight excluding hydrogens is 188 g/mol. The molecule has 2 N–H and O–H groups in total. The van der Waals surface area contributed by atoms with Gasteiger partial charge in [-0.3, -0.25) is 0 Å². The Morgan fingerprint density at radius 1 is 1.07 bits per heavy atom. The zero-order valence-corrected chi connectivity index (χ0v) is 8.73. The molecule has 1 aromatic rings. The van der Waals surface area contributed by atoms with Crippen LogP contribution >= 0.6 is 0 Å². The highest BCUT2D eigenvalue weighted by molar-refractivity contribution is 5.55. The summed E-state index contributed by atoms with van der Waals surface area (Å²) in [5, 5.41) is 0. The highest BCUT2D eigenvalue weighted by Crippen LogP contribution is 2.35. The molecule has 0 unspecified atom stereocenters. The van der Waals surface area contributed by atoms with E-state index in [1.807, 2.05) is 12.1 Å². The van der Waals surface area contributed by atoms with Crippen molar-refractivity contribution < 1.29 is 4.74 Å². The third-order valence-corrected chi connectivity index (χ3v) is 3.15. The van der Waals surface area contributed by atoms with Crippen LogP contribution in [0, 0.1) is 0 Å². The largest absolute Gasteiger partial charge is 0.399 e. The molecule has 0 aromatic heterocycles. The molecule has 3 nitrogen and oxygen atoms in total. The topological polar surface area (TPSA) is 38.5 Å². The van der Waals surface area contributed by atoms with E-state index in [4.69, 9.17) is 10.5 Å². The molecule has 0 atom stereocenters. The Kier molecular flexibility index (Phi) is 2.06. The summed E-state index contributed by atoms with van der Waals surface area (Å²) < 4.78 is 5.27. The Morgan fingerprint density at radius 3 is 2.20 bits per heavy atom. The van der Waals surface area contributed by atoms with Crippen molar-refractivity contribution >= 4 is 11.4 Å². The summed E-state index contributed by atoms with van der Waals surface area (Å²) in [6.07, 6.45) is 2.64. The molecule has 3 rings (SSSR count). The summed E-state index contributed by atoms with van der Waals surface area (Å²) in [5.74, 6) is 0. The zero-order valence-electron chi connectivity index (χ0n) is 8.73. The van der Waals surface area contributed by atoms with Crippen LogP contribution in [0.25, 0.3) is 0 Å². The number of rotatable bonds is 3. The van der Waals surface area contributed by atoms with E-state index in [1.54, 1.807) is 0 Å². The summed E-state index contributed by atoms with van der Waals surface area (Å²) in [4.78, 5) is 2.50. The van der Waals surface area contributed by atoms with Gasteiger partial charge in [0.25, 0.3) is 0 Å². The first-order valence-corrected chi connectivity index (χ1v) is 5.56. The van der Waals surface area contributed by atoms with Crippen LogP contribution < -0.4 is 10.6 Å². The second-order valence-electron chi connectivity index (χ2n) is 4.42. The number of anilines is 2. The molecule has 1 saturated heterocycles. The van der Waals surface area contributed by atoms with Gasteiger partial charge in [0.05, 0.1) is 19.3 Å². The minimum Gasteiger partial charge on any atom is -0.399 e. The molecule has 1 saturated carbocycles.